The minimum absolute atomic E-state index is 0.445. The zero-order valence-corrected chi connectivity index (χ0v) is 11.0. The van der Waals surface area contributed by atoms with E-state index in [-0.39, 0.29) is 0 Å². The Hall–Kier alpha value is -2.17. The molecule has 4 rings (SSSR count). The highest BCUT2D eigenvalue weighted by atomic mass is 19.1. The van der Waals surface area contributed by atoms with Gasteiger partial charge in [0, 0.05) is 29.7 Å². The van der Waals surface area contributed by atoms with E-state index in [0.717, 1.165) is 40.7 Å². The molecule has 0 saturated carbocycles. The Balaban J connectivity index is 1.80. The van der Waals surface area contributed by atoms with Crippen molar-refractivity contribution >= 4 is 27.8 Å². The fourth-order valence-corrected chi connectivity index (χ4v) is 2.92. The highest BCUT2D eigenvalue weighted by Gasteiger charge is 2.20. The average Bonchev–Trinajstić information content (AvgIpc) is 2.85. The number of nitrogens with one attached hydrogen (secondary N) is 1. The van der Waals surface area contributed by atoms with Crippen molar-refractivity contribution in [1.82, 2.24) is 15.0 Å². The van der Waals surface area contributed by atoms with Crippen LogP contribution in [0.3, 0.4) is 0 Å². The lowest BCUT2D eigenvalue weighted by Gasteiger charge is -2.29. The molecule has 0 spiro atoms. The first-order chi connectivity index (χ1) is 9.81. The van der Waals surface area contributed by atoms with Gasteiger partial charge in [-0.3, -0.25) is 4.98 Å². The highest BCUT2D eigenvalue weighted by Crippen LogP contribution is 2.27. The summed E-state index contributed by atoms with van der Waals surface area (Å²) in [5.41, 5.74) is 1.87. The van der Waals surface area contributed by atoms with Crippen LogP contribution in [0.2, 0.25) is 0 Å². The molecule has 1 aliphatic rings. The zero-order chi connectivity index (χ0) is 13.5. The van der Waals surface area contributed by atoms with Gasteiger partial charge in [-0.15, -0.1) is 0 Å². The second kappa shape index (κ2) is 4.44. The number of piperidine rings is 1. The molecular weight excluding hydrogens is 255 g/mol. The number of nitrogens with zero attached hydrogens (tertiary/aromatic N) is 3. The monoisotopic (exact) mass is 270 g/mol. The molecule has 0 amide bonds. The van der Waals surface area contributed by atoms with E-state index in [4.69, 9.17) is 0 Å². The van der Waals surface area contributed by atoms with Gasteiger partial charge in [-0.2, -0.15) is 0 Å². The maximum atomic E-state index is 13.5. The maximum Gasteiger partial charge on any atom is 0.140 e. The summed E-state index contributed by atoms with van der Waals surface area (Å²) < 4.78 is 13.5. The SMILES string of the molecule is FC1CCCN(c2ccc3c(n2)[nH]c2ccncc23)C1. The fourth-order valence-electron chi connectivity index (χ4n) is 2.92. The van der Waals surface area contributed by atoms with Crippen LogP contribution in [-0.2, 0) is 0 Å². The van der Waals surface area contributed by atoms with Crippen LogP contribution < -0.4 is 4.90 Å². The number of halogens is 1. The molecule has 1 atom stereocenters. The van der Waals surface area contributed by atoms with Gasteiger partial charge in [0.15, 0.2) is 0 Å². The number of H-pyrrole nitrogens is 1. The van der Waals surface area contributed by atoms with Crippen LogP contribution in [0.1, 0.15) is 12.8 Å². The lowest BCUT2D eigenvalue weighted by molar-refractivity contribution is 0.286. The molecule has 4 heterocycles. The van der Waals surface area contributed by atoms with Gasteiger partial charge in [-0.05, 0) is 31.0 Å². The molecule has 102 valence electrons. The van der Waals surface area contributed by atoms with Crippen molar-refractivity contribution in [3.8, 4) is 0 Å². The van der Waals surface area contributed by atoms with Crippen molar-refractivity contribution < 1.29 is 4.39 Å². The molecule has 4 nitrogen and oxygen atoms in total. The summed E-state index contributed by atoms with van der Waals surface area (Å²) >= 11 is 0. The summed E-state index contributed by atoms with van der Waals surface area (Å²) in [4.78, 5) is 14.1. The normalized spacial score (nSPS) is 19.9. The number of alkyl halides is 1. The van der Waals surface area contributed by atoms with Gasteiger partial charge in [-0.1, -0.05) is 0 Å². The van der Waals surface area contributed by atoms with Gasteiger partial charge < -0.3 is 9.88 Å². The Kier molecular flexibility index (Phi) is 2.58. The average molecular weight is 270 g/mol. The van der Waals surface area contributed by atoms with Gasteiger partial charge in [0.05, 0.1) is 12.1 Å². The van der Waals surface area contributed by atoms with Gasteiger partial charge in [0.25, 0.3) is 0 Å². The van der Waals surface area contributed by atoms with Crippen molar-refractivity contribution in [2.24, 2.45) is 0 Å². The molecule has 1 unspecified atom stereocenters. The summed E-state index contributed by atoms with van der Waals surface area (Å²) in [5.74, 6) is 0.847. The van der Waals surface area contributed by atoms with Crippen molar-refractivity contribution in [2.75, 3.05) is 18.0 Å². The third kappa shape index (κ3) is 1.81. The van der Waals surface area contributed by atoms with Crippen LogP contribution in [-0.4, -0.2) is 34.2 Å². The summed E-state index contributed by atoms with van der Waals surface area (Å²) in [5, 5.41) is 2.13. The molecule has 0 aromatic carbocycles. The molecule has 5 heteroatoms. The van der Waals surface area contributed by atoms with Gasteiger partial charge in [-0.25, -0.2) is 9.37 Å². The van der Waals surface area contributed by atoms with E-state index < -0.39 is 6.17 Å². The Labute approximate surface area is 115 Å². The van der Waals surface area contributed by atoms with E-state index in [1.807, 2.05) is 29.3 Å². The Morgan fingerprint density at radius 3 is 3.10 bits per heavy atom. The number of aromatic nitrogens is 3. The van der Waals surface area contributed by atoms with Crippen LogP contribution in [0.5, 0.6) is 0 Å². The van der Waals surface area contributed by atoms with Crippen molar-refractivity contribution in [1.29, 1.82) is 0 Å². The molecule has 0 bridgehead atoms. The largest absolute Gasteiger partial charge is 0.354 e. The number of pyridine rings is 2. The lowest BCUT2D eigenvalue weighted by atomic mass is 10.1. The predicted molar refractivity (Wildman–Crippen MR) is 77.7 cm³/mol. The second-order valence-corrected chi connectivity index (χ2v) is 5.30. The first-order valence-electron chi connectivity index (χ1n) is 6.93. The molecule has 1 N–H and O–H groups in total. The van der Waals surface area contributed by atoms with Crippen LogP contribution in [0, 0.1) is 0 Å². The third-order valence-electron chi connectivity index (χ3n) is 3.93. The summed E-state index contributed by atoms with van der Waals surface area (Å²) in [6, 6.07) is 5.95. The molecule has 0 radical (unpaired) electrons. The summed E-state index contributed by atoms with van der Waals surface area (Å²) in [7, 11) is 0. The first kappa shape index (κ1) is 11.6. The van der Waals surface area contributed by atoms with Crippen LogP contribution >= 0.6 is 0 Å². The molecule has 1 fully saturated rings. The highest BCUT2D eigenvalue weighted by molar-refractivity contribution is 6.05. The number of hydrogen-bond donors (Lipinski definition) is 1. The van der Waals surface area contributed by atoms with E-state index in [1.165, 1.54) is 0 Å². The number of anilines is 1. The predicted octanol–water partition coefficient (Wildman–Crippen LogP) is 3.05. The quantitative estimate of drug-likeness (QED) is 0.739. The number of rotatable bonds is 1. The van der Waals surface area contributed by atoms with E-state index in [0.29, 0.717) is 13.0 Å². The minimum Gasteiger partial charge on any atom is -0.354 e. The standard InChI is InChI=1S/C15H15FN4/c16-10-2-1-7-20(9-10)14-4-3-11-12-8-17-6-5-13(12)18-15(11)19-14/h3-6,8,10H,1-2,7,9H2,(H,18,19). The second-order valence-electron chi connectivity index (χ2n) is 5.30. The molecule has 1 saturated heterocycles. The van der Waals surface area contributed by atoms with Gasteiger partial charge >= 0.3 is 0 Å². The van der Waals surface area contributed by atoms with Crippen LogP contribution in [0.15, 0.2) is 30.6 Å². The number of aromatic amines is 1. The Bertz CT molecular complexity index is 767. The minimum atomic E-state index is -0.742. The lowest BCUT2D eigenvalue weighted by Crippen LogP contribution is -2.36. The number of hydrogen-bond acceptors (Lipinski definition) is 3. The van der Waals surface area contributed by atoms with E-state index >= 15 is 0 Å². The number of fused-ring (bicyclic) bond motifs is 3. The molecule has 3 aromatic heterocycles. The van der Waals surface area contributed by atoms with Gasteiger partial charge in [0.1, 0.15) is 17.6 Å². The topological polar surface area (TPSA) is 44.8 Å². The fraction of sp³-hybridized carbons (Fsp3) is 0.333. The molecule has 20 heavy (non-hydrogen) atoms. The Morgan fingerprint density at radius 1 is 1.25 bits per heavy atom. The Morgan fingerprint density at radius 2 is 2.20 bits per heavy atom. The van der Waals surface area contributed by atoms with E-state index in [9.17, 15) is 4.39 Å². The van der Waals surface area contributed by atoms with E-state index in [1.54, 1.807) is 6.20 Å². The molecular formula is C15H15FN4. The zero-order valence-electron chi connectivity index (χ0n) is 11.0. The summed E-state index contributed by atoms with van der Waals surface area (Å²) in [6.07, 6.45) is 4.41. The summed E-state index contributed by atoms with van der Waals surface area (Å²) in [6.45, 7) is 1.32. The molecule has 3 aromatic rings. The molecule has 1 aliphatic heterocycles. The van der Waals surface area contributed by atoms with Crippen LogP contribution in [0.25, 0.3) is 21.9 Å². The van der Waals surface area contributed by atoms with Crippen LogP contribution in [0.4, 0.5) is 10.2 Å². The van der Waals surface area contributed by atoms with Crippen molar-refractivity contribution in [3.63, 3.8) is 0 Å². The van der Waals surface area contributed by atoms with Crippen molar-refractivity contribution in [3.05, 3.63) is 30.6 Å². The third-order valence-corrected chi connectivity index (χ3v) is 3.93. The van der Waals surface area contributed by atoms with E-state index in [2.05, 4.69) is 15.0 Å². The smallest absolute Gasteiger partial charge is 0.140 e. The maximum absolute atomic E-state index is 13.5. The first-order valence-corrected chi connectivity index (χ1v) is 6.93. The van der Waals surface area contributed by atoms with Crippen molar-refractivity contribution in [2.45, 2.75) is 19.0 Å². The molecule has 0 aliphatic carbocycles. The van der Waals surface area contributed by atoms with Gasteiger partial charge in [0.2, 0.25) is 0 Å².